The number of hydrogen-bond acceptors (Lipinski definition) is 7. The van der Waals surface area contributed by atoms with Crippen molar-refractivity contribution in [3.63, 3.8) is 0 Å². The van der Waals surface area contributed by atoms with Crippen LogP contribution in [0, 0.1) is 6.92 Å². The molecule has 0 aliphatic rings. The van der Waals surface area contributed by atoms with E-state index in [0.29, 0.717) is 46.4 Å². The fraction of sp³-hybridized carbons (Fsp3) is 0.364. The van der Waals surface area contributed by atoms with Crippen LogP contribution in [0.15, 0.2) is 29.6 Å². The second kappa shape index (κ2) is 9.62. The number of unbranched alkanes of at least 4 members (excludes halogenated alkanes) is 2. The van der Waals surface area contributed by atoms with E-state index in [9.17, 15) is 4.79 Å². The molecule has 4 rings (SSSR count). The quantitative estimate of drug-likeness (QED) is 0.334. The Morgan fingerprint density at radius 3 is 2.87 bits per heavy atom. The number of halogens is 1. The number of Topliss-reactive ketones (excluding diaryl/α,β-unsaturated/α-hetero) is 1. The number of methoxy groups -OCH3 is 1. The number of carbonyl (C=O) groups is 1. The van der Waals surface area contributed by atoms with Crippen LogP contribution in [0.5, 0.6) is 5.75 Å². The molecule has 0 spiro atoms. The van der Waals surface area contributed by atoms with Gasteiger partial charge in [-0.05, 0) is 43.3 Å². The number of aromatic nitrogens is 4. The molecular formula is C22H24ClN5O2S. The monoisotopic (exact) mass is 457 g/mol. The van der Waals surface area contributed by atoms with Crippen molar-refractivity contribution in [1.29, 1.82) is 0 Å². The SMILES string of the molecule is COc1ccc2c(nc(NCCCCCC(=O)Cc3cccs3)c3nnc(C)n32)c1Cl. The van der Waals surface area contributed by atoms with Crippen LogP contribution >= 0.6 is 22.9 Å². The molecule has 0 bridgehead atoms. The number of hydrogen-bond donors (Lipinski definition) is 1. The van der Waals surface area contributed by atoms with Gasteiger partial charge in [-0.25, -0.2) is 4.98 Å². The lowest BCUT2D eigenvalue weighted by atomic mass is 10.1. The zero-order valence-corrected chi connectivity index (χ0v) is 19.1. The largest absolute Gasteiger partial charge is 0.495 e. The van der Waals surface area contributed by atoms with Crippen LogP contribution in [0.1, 0.15) is 36.4 Å². The Hall–Kier alpha value is -2.71. The molecule has 0 unspecified atom stereocenters. The number of ether oxygens (including phenoxy) is 1. The van der Waals surface area contributed by atoms with E-state index in [2.05, 4.69) is 15.5 Å². The molecule has 0 fully saturated rings. The number of nitrogens with zero attached hydrogens (tertiary/aromatic N) is 4. The smallest absolute Gasteiger partial charge is 0.204 e. The first-order chi connectivity index (χ1) is 15.1. The summed E-state index contributed by atoms with van der Waals surface area (Å²) >= 11 is 8.15. The lowest BCUT2D eigenvalue weighted by Crippen LogP contribution is -2.08. The van der Waals surface area contributed by atoms with Gasteiger partial charge in [-0.2, -0.15) is 0 Å². The van der Waals surface area contributed by atoms with E-state index >= 15 is 0 Å². The highest BCUT2D eigenvalue weighted by Gasteiger charge is 2.16. The molecule has 31 heavy (non-hydrogen) atoms. The number of aryl methyl sites for hydroxylation is 1. The van der Waals surface area contributed by atoms with Crippen molar-refractivity contribution in [2.24, 2.45) is 0 Å². The molecule has 0 radical (unpaired) electrons. The third-order valence-electron chi connectivity index (χ3n) is 5.16. The van der Waals surface area contributed by atoms with Crippen molar-refractivity contribution in [2.75, 3.05) is 19.0 Å². The Labute approximate surface area is 189 Å². The highest BCUT2D eigenvalue weighted by atomic mass is 35.5. The fourth-order valence-electron chi connectivity index (χ4n) is 3.59. The average Bonchev–Trinajstić information content (AvgIpc) is 3.41. The molecule has 0 amide bonds. The second-order valence-electron chi connectivity index (χ2n) is 7.35. The maximum Gasteiger partial charge on any atom is 0.204 e. The number of benzene rings is 1. The Balaban J connectivity index is 1.39. The summed E-state index contributed by atoms with van der Waals surface area (Å²) in [5.41, 5.74) is 2.13. The van der Waals surface area contributed by atoms with Crippen molar-refractivity contribution >= 4 is 51.2 Å². The third-order valence-corrected chi connectivity index (χ3v) is 6.40. The normalized spacial score (nSPS) is 11.3. The second-order valence-corrected chi connectivity index (χ2v) is 8.76. The number of anilines is 1. The molecule has 3 heterocycles. The molecule has 162 valence electrons. The molecule has 0 atom stereocenters. The maximum atomic E-state index is 12.1. The number of rotatable bonds is 10. The standard InChI is InChI=1S/C22H24ClN5O2S/c1-14-26-27-22-21(25-20-17(28(14)22)9-10-18(30-2)19(20)23)24-11-5-3-4-7-15(29)13-16-8-6-12-31-16/h6,8-10,12H,3-5,7,11,13H2,1-2H3,(H,24,25). The van der Waals surface area contributed by atoms with E-state index < -0.39 is 0 Å². The number of ketones is 1. The minimum Gasteiger partial charge on any atom is -0.495 e. The summed E-state index contributed by atoms with van der Waals surface area (Å²) in [4.78, 5) is 17.9. The first-order valence-corrected chi connectivity index (χ1v) is 11.5. The van der Waals surface area contributed by atoms with Gasteiger partial charge in [0.1, 0.15) is 27.9 Å². The molecule has 3 aromatic heterocycles. The van der Waals surface area contributed by atoms with E-state index in [1.165, 1.54) is 0 Å². The molecular weight excluding hydrogens is 434 g/mol. The number of carbonyl (C=O) groups excluding carboxylic acids is 1. The van der Waals surface area contributed by atoms with Gasteiger partial charge in [-0.15, -0.1) is 21.5 Å². The minimum absolute atomic E-state index is 0.302. The first-order valence-electron chi connectivity index (χ1n) is 10.2. The van der Waals surface area contributed by atoms with Gasteiger partial charge >= 0.3 is 0 Å². The molecule has 0 saturated carbocycles. The topological polar surface area (TPSA) is 81.4 Å². The lowest BCUT2D eigenvalue weighted by Gasteiger charge is -2.12. The zero-order valence-electron chi connectivity index (χ0n) is 17.5. The van der Waals surface area contributed by atoms with Gasteiger partial charge in [-0.3, -0.25) is 9.20 Å². The molecule has 7 nitrogen and oxygen atoms in total. The first kappa shape index (κ1) is 21.5. The number of nitrogens with one attached hydrogen (secondary N) is 1. The average molecular weight is 458 g/mol. The predicted molar refractivity (Wildman–Crippen MR) is 125 cm³/mol. The van der Waals surface area contributed by atoms with Crippen LogP contribution in [-0.2, 0) is 11.2 Å². The molecule has 1 aromatic carbocycles. The molecule has 1 N–H and O–H groups in total. The van der Waals surface area contributed by atoms with Gasteiger partial charge in [0, 0.05) is 24.3 Å². The van der Waals surface area contributed by atoms with E-state index in [0.717, 1.165) is 42.0 Å². The van der Waals surface area contributed by atoms with Gasteiger partial charge < -0.3 is 10.1 Å². The van der Waals surface area contributed by atoms with Gasteiger partial charge in [-0.1, -0.05) is 24.1 Å². The maximum absolute atomic E-state index is 12.1. The summed E-state index contributed by atoms with van der Waals surface area (Å²) in [5, 5.41) is 14.3. The molecule has 0 aliphatic carbocycles. The van der Waals surface area contributed by atoms with Gasteiger partial charge in [0.25, 0.3) is 0 Å². The number of fused-ring (bicyclic) bond motifs is 3. The van der Waals surface area contributed by atoms with E-state index in [-0.39, 0.29) is 0 Å². The highest BCUT2D eigenvalue weighted by Crippen LogP contribution is 2.33. The van der Waals surface area contributed by atoms with Gasteiger partial charge in [0.2, 0.25) is 5.65 Å². The van der Waals surface area contributed by atoms with Crippen molar-refractivity contribution in [1.82, 2.24) is 19.6 Å². The Bertz CT molecular complexity index is 1210. The van der Waals surface area contributed by atoms with Crippen LogP contribution in [0.2, 0.25) is 5.02 Å². The summed E-state index contributed by atoms with van der Waals surface area (Å²) in [5.74, 6) is 2.27. The summed E-state index contributed by atoms with van der Waals surface area (Å²) < 4.78 is 7.28. The van der Waals surface area contributed by atoms with Crippen molar-refractivity contribution in [3.05, 3.63) is 45.4 Å². The van der Waals surface area contributed by atoms with Crippen LogP contribution in [-0.4, -0.2) is 39.0 Å². The van der Waals surface area contributed by atoms with Crippen molar-refractivity contribution in [2.45, 2.75) is 39.0 Å². The molecule has 4 aromatic rings. The minimum atomic E-state index is 0.302. The zero-order chi connectivity index (χ0) is 21.8. The Morgan fingerprint density at radius 1 is 1.23 bits per heavy atom. The summed E-state index contributed by atoms with van der Waals surface area (Å²) in [6.45, 7) is 2.62. The van der Waals surface area contributed by atoms with E-state index in [4.69, 9.17) is 21.3 Å². The summed E-state index contributed by atoms with van der Waals surface area (Å²) in [6, 6.07) is 7.72. The van der Waals surface area contributed by atoms with Crippen LogP contribution in [0.3, 0.4) is 0 Å². The van der Waals surface area contributed by atoms with Gasteiger partial charge in [0.15, 0.2) is 5.82 Å². The lowest BCUT2D eigenvalue weighted by molar-refractivity contribution is -0.118. The highest BCUT2D eigenvalue weighted by molar-refractivity contribution is 7.10. The third kappa shape index (κ3) is 4.65. The van der Waals surface area contributed by atoms with E-state index in [1.54, 1.807) is 18.4 Å². The van der Waals surface area contributed by atoms with Crippen molar-refractivity contribution in [3.8, 4) is 5.75 Å². The predicted octanol–water partition coefficient (Wildman–Crippen LogP) is 5.09. The summed E-state index contributed by atoms with van der Waals surface area (Å²) in [6.07, 6.45) is 3.95. The van der Waals surface area contributed by atoms with E-state index in [1.807, 2.05) is 41.0 Å². The van der Waals surface area contributed by atoms with Crippen LogP contribution in [0.4, 0.5) is 5.82 Å². The molecule has 9 heteroatoms. The summed E-state index contributed by atoms with van der Waals surface area (Å²) in [7, 11) is 1.58. The Kier molecular flexibility index (Phi) is 6.67. The fourth-order valence-corrected chi connectivity index (χ4v) is 4.60. The van der Waals surface area contributed by atoms with Crippen molar-refractivity contribution < 1.29 is 9.53 Å². The Morgan fingerprint density at radius 2 is 2.10 bits per heavy atom. The van der Waals surface area contributed by atoms with Crippen LogP contribution < -0.4 is 10.1 Å². The molecule has 0 saturated heterocycles. The molecule has 0 aliphatic heterocycles. The number of thiophene rings is 1. The van der Waals surface area contributed by atoms with Gasteiger partial charge in [0.05, 0.1) is 12.6 Å². The van der Waals surface area contributed by atoms with Crippen LogP contribution in [0.25, 0.3) is 16.7 Å².